The van der Waals surface area contributed by atoms with Gasteiger partial charge in [-0.25, -0.2) is 0 Å². The zero-order chi connectivity index (χ0) is 18.0. The molecule has 0 spiro atoms. The summed E-state index contributed by atoms with van der Waals surface area (Å²) in [6, 6.07) is 9.93. The second-order valence-electron chi connectivity index (χ2n) is 5.50. The highest BCUT2D eigenvalue weighted by Gasteiger charge is 2.30. The Bertz CT molecular complexity index is 918. The summed E-state index contributed by atoms with van der Waals surface area (Å²) in [5, 5.41) is 10.5. The van der Waals surface area contributed by atoms with Gasteiger partial charge in [0.15, 0.2) is 0 Å². The monoisotopic (exact) mass is 365 g/mol. The molecule has 0 unspecified atom stereocenters. The van der Waals surface area contributed by atoms with Crippen LogP contribution in [0.3, 0.4) is 0 Å². The molecule has 0 radical (unpaired) electrons. The van der Waals surface area contributed by atoms with Crippen LogP contribution in [0.4, 0.5) is 13.2 Å². The quantitative estimate of drug-likeness (QED) is 0.643. The highest BCUT2D eigenvalue weighted by atomic mass is 32.2. The summed E-state index contributed by atoms with van der Waals surface area (Å²) in [5.74, 6) is 0.0988. The molecule has 0 atom stereocenters. The minimum Gasteiger partial charge on any atom is -0.508 e. The average Bonchev–Trinajstić information content (AvgIpc) is 2.89. The van der Waals surface area contributed by atoms with Crippen molar-refractivity contribution in [3.05, 3.63) is 59.8 Å². The van der Waals surface area contributed by atoms with Crippen LogP contribution in [0.15, 0.2) is 53.6 Å². The van der Waals surface area contributed by atoms with Crippen LogP contribution in [0.1, 0.15) is 17.5 Å². The van der Waals surface area contributed by atoms with Gasteiger partial charge < -0.3 is 9.90 Å². The number of carbonyl (C=O) groups is 1. The Hall–Kier alpha value is -2.41. The number of alkyl halides is 3. The van der Waals surface area contributed by atoms with Crippen molar-refractivity contribution in [3.63, 3.8) is 0 Å². The molecule has 0 saturated carbocycles. The molecule has 3 rings (SSSR count). The van der Waals surface area contributed by atoms with Crippen LogP contribution in [0.5, 0.6) is 5.75 Å². The Balaban J connectivity index is 2.00. The average molecular weight is 365 g/mol. The largest absolute Gasteiger partial charge is 0.508 e. The van der Waals surface area contributed by atoms with Crippen LogP contribution in [0.2, 0.25) is 0 Å². The van der Waals surface area contributed by atoms with Gasteiger partial charge in [0.05, 0.1) is 11.1 Å². The van der Waals surface area contributed by atoms with E-state index in [9.17, 15) is 23.1 Å². The third-order valence-corrected chi connectivity index (χ3v) is 4.70. The predicted molar refractivity (Wildman–Crippen MR) is 90.7 cm³/mol. The fraction of sp³-hybridized carbons (Fsp3) is 0.167. The minimum absolute atomic E-state index is 0.0988. The number of phenols is 1. The number of benzene rings is 2. The number of carbonyl (C=O) groups excluding carboxylic acids is 1. The number of hydrogen-bond acceptors (Lipinski definition) is 3. The van der Waals surface area contributed by atoms with Crippen molar-refractivity contribution in [2.45, 2.75) is 23.9 Å². The van der Waals surface area contributed by atoms with Crippen molar-refractivity contribution in [2.75, 3.05) is 0 Å². The second-order valence-corrected chi connectivity index (χ2v) is 6.55. The van der Waals surface area contributed by atoms with Crippen molar-refractivity contribution in [1.29, 1.82) is 0 Å². The molecular weight excluding hydrogens is 351 g/mol. The lowest BCUT2D eigenvalue weighted by Crippen LogP contribution is -2.04. The van der Waals surface area contributed by atoms with E-state index in [1.165, 1.54) is 12.1 Å². The van der Waals surface area contributed by atoms with Crippen molar-refractivity contribution < 1.29 is 23.1 Å². The van der Waals surface area contributed by atoms with Gasteiger partial charge in [-0.1, -0.05) is 6.07 Å². The third-order valence-electron chi connectivity index (χ3n) is 3.73. The van der Waals surface area contributed by atoms with E-state index in [1.54, 1.807) is 28.4 Å². The zero-order valence-corrected chi connectivity index (χ0v) is 13.8. The summed E-state index contributed by atoms with van der Waals surface area (Å²) in [7, 11) is 0. The number of aryl methyl sites for hydroxylation is 1. The van der Waals surface area contributed by atoms with Crippen molar-refractivity contribution >= 4 is 29.1 Å². The molecule has 7 heteroatoms. The minimum atomic E-state index is -4.39. The summed E-state index contributed by atoms with van der Waals surface area (Å²) < 4.78 is 40.4. The van der Waals surface area contributed by atoms with Gasteiger partial charge in [0, 0.05) is 22.9 Å². The van der Waals surface area contributed by atoms with Gasteiger partial charge in [-0.05, 0) is 60.3 Å². The highest BCUT2D eigenvalue weighted by molar-refractivity contribution is 7.98. The fourth-order valence-corrected chi connectivity index (χ4v) is 3.57. The van der Waals surface area contributed by atoms with E-state index in [0.29, 0.717) is 17.7 Å². The molecule has 1 heterocycles. The first-order valence-corrected chi connectivity index (χ1v) is 8.28. The summed E-state index contributed by atoms with van der Waals surface area (Å²) in [5.41, 5.74) is 0.923. The number of fused-ring (bicyclic) bond motifs is 1. The van der Waals surface area contributed by atoms with Crippen molar-refractivity contribution in [3.8, 4) is 5.75 Å². The van der Waals surface area contributed by atoms with Crippen LogP contribution in [-0.4, -0.2) is 15.4 Å². The van der Waals surface area contributed by atoms with E-state index >= 15 is 0 Å². The predicted octanol–water partition coefficient (Wildman–Crippen LogP) is 5.05. The Labute approximate surface area is 146 Å². The highest BCUT2D eigenvalue weighted by Crippen LogP contribution is 2.35. The summed E-state index contributed by atoms with van der Waals surface area (Å²) in [6.45, 7) is 0. The zero-order valence-electron chi connectivity index (χ0n) is 13.0. The lowest BCUT2D eigenvalue weighted by atomic mass is 10.1. The fourth-order valence-electron chi connectivity index (χ4n) is 2.59. The van der Waals surface area contributed by atoms with Crippen LogP contribution in [-0.2, 0) is 17.4 Å². The number of hydrogen-bond donors (Lipinski definition) is 1. The van der Waals surface area contributed by atoms with Crippen LogP contribution in [0.25, 0.3) is 10.9 Å². The maximum Gasteiger partial charge on any atom is 0.416 e. The third kappa shape index (κ3) is 3.82. The van der Waals surface area contributed by atoms with Gasteiger partial charge in [-0.3, -0.25) is 3.97 Å². The van der Waals surface area contributed by atoms with E-state index in [4.69, 9.17) is 0 Å². The molecule has 3 aromatic rings. The molecule has 0 aliphatic rings. The number of rotatable bonds is 5. The molecule has 0 saturated heterocycles. The van der Waals surface area contributed by atoms with E-state index in [0.717, 1.165) is 46.8 Å². The van der Waals surface area contributed by atoms with Crippen LogP contribution in [0, 0.1) is 0 Å². The van der Waals surface area contributed by atoms with E-state index < -0.39 is 11.7 Å². The Morgan fingerprint density at radius 1 is 1.16 bits per heavy atom. The molecule has 130 valence electrons. The smallest absolute Gasteiger partial charge is 0.416 e. The number of aldehydes is 1. The first-order chi connectivity index (χ1) is 11.9. The van der Waals surface area contributed by atoms with Gasteiger partial charge in [0.2, 0.25) is 0 Å². The topological polar surface area (TPSA) is 42.2 Å². The van der Waals surface area contributed by atoms with Crippen molar-refractivity contribution in [2.24, 2.45) is 0 Å². The standard InChI is InChI=1S/C18H14F3NO2S/c19-18(20,21)13-4-1-5-15(9-13)25-22-11-12(3-2-8-23)16-10-14(24)6-7-17(16)22/h1,4-11,24H,2-3H2. The van der Waals surface area contributed by atoms with Crippen LogP contribution < -0.4 is 0 Å². The molecule has 0 bridgehead atoms. The SMILES string of the molecule is O=CCCc1cn(Sc2cccc(C(F)(F)F)c2)c2ccc(O)cc12. The number of phenolic OH excluding ortho intramolecular Hbond substituents is 1. The Kier molecular flexibility index (Phi) is 4.76. The number of aromatic nitrogens is 1. The second kappa shape index (κ2) is 6.84. The van der Waals surface area contributed by atoms with Gasteiger partial charge in [0.1, 0.15) is 12.0 Å². The molecular formula is C18H14F3NO2S. The molecule has 0 fully saturated rings. The molecule has 0 aliphatic heterocycles. The van der Waals surface area contributed by atoms with E-state index in [2.05, 4.69) is 0 Å². The lowest BCUT2D eigenvalue weighted by Gasteiger charge is -2.09. The molecule has 1 N–H and O–H groups in total. The first kappa shape index (κ1) is 17.4. The van der Waals surface area contributed by atoms with Gasteiger partial charge in [-0.2, -0.15) is 13.2 Å². The molecule has 0 amide bonds. The van der Waals surface area contributed by atoms with E-state index in [-0.39, 0.29) is 5.75 Å². The summed E-state index contributed by atoms with van der Waals surface area (Å²) >= 11 is 1.15. The molecule has 25 heavy (non-hydrogen) atoms. The number of nitrogens with zero attached hydrogens (tertiary/aromatic N) is 1. The normalized spacial score (nSPS) is 11.8. The van der Waals surface area contributed by atoms with Gasteiger partial charge >= 0.3 is 6.18 Å². The summed E-state index contributed by atoms with van der Waals surface area (Å²) in [4.78, 5) is 11.1. The maximum absolute atomic E-state index is 12.9. The van der Waals surface area contributed by atoms with Crippen LogP contribution >= 0.6 is 11.9 Å². The van der Waals surface area contributed by atoms with E-state index in [1.807, 2.05) is 0 Å². The first-order valence-electron chi connectivity index (χ1n) is 7.50. The van der Waals surface area contributed by atoms with Gasteiger partial charge in [-0.15, -0.1) is 0 Å². The number of aromatic hydroxyl groups is 1. The Morgan fingerprint density at radius 2 is 1.96 bits per heavy atom. The summed E-state index contributed by atoms with van der Waals surface area (Å²) in [6.07, 6.45) is -0.955. The molecule has 3 nitrogen and oxygen atoms in total. The molecule has 2 aromatic carbocycles. The van der Waals surface area contributed by atoms with Gasteiger partial charge in [0.25, 0.3) is 0 Å². The maximum atomic E-state index is 12.9. The Morgan fingerprint density at radius 3 is 2.68 bits per heavy atom. The molecule has 0 aliphatic carbocycles. The number of halogens is 3. The van der Waals surface area contributed by atoms with Crippen molar-refractivity contribution in [1.82, 2.24) is 3.97 Å². The molecule has 1 aromatic heterocycles. The lowest BCUT2D eigenvalue weighted by molar-refractivity contribution is -0.137.